The van der Waals surface area contributed by atoms with Crippen molar-refractivity contribution in [2.75, 3.05) is 6.54 Å². The molecule has 0 aromatic rings. The highest BCUT2D eigenvalue weighted by Gasteiger charge is 2.22. The highest BCUT2D eigenvalue weighted by atomic mass is 16.3. The van der Waals surface area contributed by atoms with Gasteiger partial charge in [0.2, 0.25) is 0 Å². The molecule has 0 aromatic heterocycles. The number of amides is 1. The zero-order chi connectivity index (χ0) is 9.61. The van der Waals surface area contributed by atoms with Crippen LogP contribution in [0.3, 0.4) is 0 Å². The van der Waals surface area contributed by atoms with Crippen molar-refractivity contribution in [2.24, 2.45) is 0 Å². The van der Waals surface area contributed by atoms with Crippen molar-refractivity contribution >= 4 is 5.91 Å². The lowest BCUT2D eigenvalue weighted by Crippen LogP contribution is -2.42. The zero-order valence-electron chi connectivity index (χ0n) is 8.18. The molecule has 0 aliphatic rings. The van der Waals surface area contributed by atoms with Gasteiger partial charge in [0, 0.05) is 6.54 Å². The molecule has 0 fully saturated rings. The molecular formula is C9H19NO2. The topological polar surface area (TPSA) is 49.3 Å². The molecule has 0 spiro atoms. The predicted molar refractivity (Wildman–Crippen MR) is 48.8 cm³/mol. The highest BCUT2D eigenvalue weighted by molar-refractivity contribution is 5.83. The molecule has 12 heavy (non-hydrogen) atoms. The Morgan fingerprint density at radius 2 is 2.00 bits per heavy atom. The van der Waals surface area contributed by atoms with Gasteiger partial charge in [0.25, 0.3) is 5.91 Å². The lowest BCUT2D eigenvalue weighted by Gasteiger charge is -2.16. The Morgan fingerprint density at radius 3 is 2.42 bits per heavy atom. The van der Waals surface area contributed by atoms with E-state index < -0.39 is 5.60 Å². The molecule has 72 valence electrons. The molecule has 0 aliphatic heterocycles. The van der Waals surface area contributed by atoms with Crippen molar-refractivity contribution in [1.29, 1.82) is 0 Å². The molecule has 0 atom stereocenters. The monoisotopic (exact) mass is 173 g/mol. The summed E-state index contributed by atoms with van der Waals surface area (Å²) in [5.74, 6) is -0.293. The van der Waals surface area contributed by atoms with Gasteiger partial charge >= 0.3 is 0 Å². The fourth-order valence-electron chi connectivity index (χ4n) is 0.793. The third kappa shape index (κ3) is 5.13. The Hall–Kier alpha value is -0.570. The van der Waals surface area contributed by atoms with Crippen molar-refractivity contribution in [2.45, 2.75) is 45.6 Å². The van der Waals surface area contributed by atoms with Crippen molar-refractivity contribution in [3.8, 4) is 0 Å². The molecule has 0 aliphatic carbocycles. The molecule has 0 rings (SSSR count). The maximum Gasteiger partial charge on any atom is 0.251 e. The van der Waals surface area contributed by atoms with Crippen LogP contribution in [0.1, 0.15) is 40.0 Å². The second-order valence-corrected chi connectivity index (χ2v) is 3.52. The van der Waals surface area contributed by atoms with Gasteiger partial charge in [-0.15, -0.1) is 0 Å². The maximum absolute atomic E-state index is 11.1. The molecule has 2 N–H and O–H groups in total. The SMILES string of the molecule is CCCCCNC(=O)C(C)(C)O. The molecule has 3 heteroatoms. The summed E-state index contributed by atoms with van der Waals surface area (Å²) in [7, 11) is 0. The first-order chi connectivity index (χ1) is 5.48. The molecule has 1 amide bonds. The average Bonchev–Trinajstić information content (AvgIpc) is 1.96. The van der Waals surface area contributed by atoms with Gasteiger partial charge in [-0.05, 0) is 20.3 Å². The van der Waals surface area contributed by atoms with Crippen LogP contribution in [0, 0.1) is 0 Å². The second kappa shape index (κ2) is 5.14. The minimum atomic E-state index is -1.24. The van der Waals surface area contributed by atoms with E-state index in [4.69, 9.17) is 0 Å². The number of unbranched alkanes of at least 4 members (excludes halogenated alkanes) is 2. The molecule has 0 saturated carbocycles. The molecule has 0 heterocycles. The van der Waals surface area contributed by atoms with Gasteiger partial charge in [-0.25, -0.2) is 0 Å². The number of hydrogen-bond donors (Lipinski definition) is 2. The van der Waals surface area contributed by atoms with Gasteiger partial charge in [0.1, 0.15) is 5.60 Å². The number of nitrogens with one attached hydrogen (secondary N) is 1. The van der Waals surface area contributed by atoms with Gasteiger partial charge in [0.05, 0.1) is 0 Å². The van der Waals surface area contributed by atoms with Gasteiger partial charge in [-0.2, -0.15) is 0 Å². The standard InChI is InChI=1S/C9H19NO2/c1-4-5-6-7-10-8(11)9(2,3)12/h12H,4-7H2,1-3H3,(H,10,11). The summed E-state index contributed by atoms with van der Waals surface area (Å²) >= 11 is 0. The third-order valence-corrected chi connectivity index (χ3v) is 1.62. The summed E-state index contributed by atoms with van der Waals surface area (Å²) in [6, 6.07) is 0. The second-order valence-electron chi connectivity index (χ2n) is 3.52. The van der Waals surface area contributed by atoms with E-state index in [1.165, 1.54) is 13.8 Å². The largest absolute Gasteiger partial charge is 0.381 e. The normalized spacial score (nSPS) is 11.3. The Bertz CT molecular complexity index is 138. The highest BCUT2D eigenvalue weighted by Crippen LogP contribution is 2.00. The van der Waals surface area contributed by atoms with Gasteiger partial charge in [-0.3, -0.25) is 4.79 Å². The van der Waals surface area contributed by atoms with E-state index >= 15 is 0 Å². The fourth-order valence-corrected chi connectivity index (χ4v) is 0.793. The molecular weight excluding hydrogens is 154 g/mol. The van der Waals surface area contributed by atoms with Crippen LogP contribution in [0.25, 0.3) is 0 Å². The Labute approximate surface area is 74.2 Å². The Morgan fingerprint density at radius 1 is 1.42 bits per heavy atom. The predicted octanol–water partition coefficient (Wildman–Crippen LogP) is 1.06. The zero-order valence-corrected chi connectivity index (χ0v) is 8.18. The van der Waals surface area contributed by atoms with Crippen LogP contribution >= 0.6 is 0 Å². The first kappa shape index (κ1) is 11.4. The van der Waals surface area contributed by atoms with Crippen LogP contribution in [0.2, 0.25) is 0 Å². The number of carbonyl (C=O) groups excluding carboxylic acids is 1. The lowest BCUT2D eigenvalue weighted by atomic mass is 10.1. The molecule has 0 saturated heterocycles. The van der Waals surface area contributed by atoms with Crippen LogP contribution in [-0.2, 0) is 4.79 Å². The van der Waals surface area contributed by atoms with E-state index in [0.717, 1.165) is 19.3 Å². The summed E-state index contributed by atoms with van der Waals surface area (Å²) in [5.41, 5.74) is -1.24. The fraction of sp³-hybridized carbons (Fsp3) is 0.889. The van der Waals surface area contributed by atoms with E-state index in [9.17, 15) is 9.90 Å². The van der Waals surface area contributed by atoms with Crippen molar-refractivity contribution in [3.63, 3.8) is 0 Å². The van der Waals surface area contributed by atoms with E-state index in [2.05, 4.69) is 12.2 Å². The van der Waals surface area contributed by atoms with Crippen LogP contribution in [0.4, 0.5) is 0 Å². The summed E-state index contributed by atoms with van der Waals surface area (Å²) in [4.78, 5) is 11.1. The molecule has 0 unspecified atom stereocenters. The molecule has 0 bridgehead atoms. The average molecular weight is 173 g/mol. The van der Waals surface area contributed by atoms with Crippen LogP contribution in [-0.4, -0.2) is 23.2 Å². The first-order valence-corrected chi connectivity index (χ1v) is 4.49. The molecule has 3 nitrogen and oxygen atoms in total. The van der Waals surface area contributed by atoms with E-state index in [1.54, 1.807) is 0 Å². The molecule has 0 radical (unpaired) electrons. The number of rotatable bonds is 5. The van der Waals surface area contributed by atoms with Crippen molar-refractivity contribution in [3.05, 3.63) is 0 Å². The first-order valence-electron chi connectivity index (χ1n) is 4.49. The quantitative estimate of drug-likeness (QED) is 0.611. The van der Waals surface area contributed by atoms with Gasteiger partial charge in [0.15, 0.2) is 0 Å². The maximum atomic E-state index is 11.1. The van der Waals surface area contributed by atoms with E-state index in [1.807, 2.05) is 0 Å². The number of aliphatic hydroxyl groups is 1. The minimum Gasteiger partial charge on any atom is -0.381 e. The Balaban J connectivity index is 3.45. The molecule has 0 aromatic carbocycles. The summed E-state index contributed by atoms with van der Waals surface area (Å²) in [6.07, 6.45) is 3.24. The third-order valence-electron chi connectivity index (χ3n) is 1.62. The number of carbonyl (C=O) groups is 1. The van der Waals surface area contributed by atoms with Crippen molar-refractivity contribution in [1.82, 2.24) is 5.32 Å². The Kier molecular flexibility index (Phi) is 4.90. The number of hydrogen-bond acceptors (Lipinski definition) is 2. The summed E-state index contributed by atoms with van der Waals surface area (Å²) in [5, 5.41) is 11.9. The van der Waals surface area contributed by atoms with E-state index in [0.29, 0.717) is 6.54 Å². The van der Waals surface area contributed by atoms with Crippen molar-refractivity contribution < 1.29 is 9.90 Å². The van der Waals surface area contributed by atoms with Gasteiger partial charge in [-0.1, -0.05) is 19.8 Å². The smallest absolute Gasteiger partial charge is 0.251 e. The van der Waals surface area contributed by atoms with Crippen LogP contribution in [0.15, 0.2) is 0 Å². The minimum absolute atomic E-state index is 0.293. The van der Waals surface area contributed by atoms with Gasteiger partial charge < -0.3 is 10.4 Å². The van der Waals surface area contributed by atoms with Crippen LogP contribution in [0.5, 0.6) is 0 Å². The summed E-state index contributed by atoms with van der Waals surface area (Å²) < 4.78 is 0. The summed E-state index contributed by atoms with van der Waals surface area (Å²) in [6.45, 7) is 5.75. The van der Waals surface area contributed by atoms with E-state index in [-0.39, 0.29) is 5.91 Å². The van der Waals surface area contributed by atoms with Crippen LogP contribution < -0.4 is 5.32 Å². The lowest BCUT2D eigenvalue weighted by molar-refractivity contribution is -0.136.